The van der Waals surface area contributed by atoms with Gasteiger partial charge in [-0.25, -0.2) is 9.50 Å². The van der Waals surface area contributed by atoms with Crippen molar-refractivity contribution in [3.63, 3.8) is 0 Å². The molecule has 1 saturated heterocycles. The van der Waals surface area contributed by atoms with E-state index in [4.69, 9.17) is 9.63 Å². The zero-order valence-electron chi connectivity index (χ0n) is 14.3. The van der Waals surface area contributed by atoms with E-state index in [-0.39, 0.29) is 6.61 Å². The molecule has 132 valence electrons. The molecule has 0 atom stereocenters. The molecule has 8 heteroatoms. The third-order valence-electron chi connectivity index (χ3n) is 4.76. The fraction of sp³-hybridized carbons (Fsp3) is 0.529. The van der Waals surface area contributed by atoms with E-state index in [2.05, 4.69) is 32.2 Å². The first-order chi connectivity index (χ1) is 12.2. The average Bonchev–Trinajstić information content (AvgIpc) is 3.23. The second-order valence-electron chi connectivity index (χ2n) is 6.73. The number of fused-ring (bicyclic) bond motifs is 1. The number of hydrogen-bond donors (Lipinski definition) is 1. The van der Waals surface area contributed by atoms with E-state index in [1.165, 1.54) is 12.8 Å². The summed E-state index contributed by atoms with van der Waals surface area (Å²) < 4.78 is 7.09. The van der Waals surface area contributed by atoms with Gasteiger partial charge in [0, 0.05) is 31.5 Å². The first-order valence-corrected chi connectivity index (χ1v) is 8.68. The molecular weight excluding hydrogens is 320 g/mol. The van der Waals surface area contributed by atoms with Gasteiger partial charge in [-0.05, 0) is 50.9 Å². The van der Waals surface area contributed by atoms with Crippen molar-refractivity contribution >= 4 is 5.65 Å². The zero-order chi connectivity index (χ0) is 17.2. The standard InChI is InChI=1S/C17H22N6O2/c1-22-5-2-12(3-6-22)8-15-19-17(25-21-15)14-9-16-18-10-13(4-7-24)11-23(16)20-14/h9-12,24H,2-8H2,1H3. The number of aromatic nitrogens is 5. The summed E-state index contributed by atoms with van der Waals surface area (Å²) in [6.45, 7) is 2.35. The van der Waals surface area contributed by atoms with Gasteiger partial charge in [0.1, 0.15) is 0 Å². The molecule has 8 nitrogen and oxygen atoms in total. The molecule has 1 fully saturated rings. The normalized spacial score (nSPS) is 16.7. The second kappa shape index (κ2) is 6.89. The Hall–Kier alpha value is -2.32. The van der Waals surface area contributed by atoms with Crippen LogP contribution in [0.4, 0.5) is 0 Å². The lowest BCUT2D eigenvalue weighted by molar-refractivity contribution is 0.216. The summed E-state index contributed by atoms with van der Waals surface area (Å²) in [5, 5.41) is 17.6. The minimum Gasteiger partial charge on any atom is -0.396 e. The van der Waals surface area contributed by atoms with Crippen molar-refractivity contribution in [2.45, 2.75) is 25.7 Å². The maximum atomic E-state index is 9.03. The molecule has 0 spiro atoms. The van der Waals surface area contributed by atoms with Crippen LogP contribution in [0.3, 0.4) is 0 Å². The van der Waals surface area contributed by atoms with Gasteiger partial charge in [-0.2, -0.15) is 10.1 Å². The van der Waals surface area contributed by atoms with Gasteiger partial charge in [0.2, 0.25) is 0 Å². The summed E-state index contributed by atoms with van der Waals surface area (Å²) in [6.07, 6.45) is 7.36. The quantitative estimate of drug-likeness (QED) is 0.744. The van der Waals surface area contributed by atoms with Crippen molar-refractivity contribution in [3.8, 4) is 11.6 Å². The summed E-state index contributed by atoms with van der Waals surface area (Å²) in [7, 11) is 2.16. The molecule has 0 bridgehead atoms. The van der Waals surface area contributed by atoms with Gasteiger partial charge in [-0.1, -0.05) is 5.16 Å². The van der Waals surface area contributed by atoms with Gasteiger partial charge in [-0.15, -0.1) is 0 Å². The number of aliphatic hydroxyl groups excluding tert-OH is 1. The van der Waals surface area contributed by atoms with E-state index < -0.39 is 0 Å². The molecule has 1 N–H and O–H groups in total. The molecule has 3 aromatic heterocycles. The van der Waals surface area contributed by atoms with Crippen molar-refractivity contribution in [3.05, 3.63) is 29.8 Å². The summed E-state index contributed by atoms with van der Waals surface area (Å²) in [6, 6.07) is 1.83. The molecule has 4 rings (SSSR count). The molecule has 0 aliphatic carbocycles. The smallest absolute Gasteiger partial charge is 0.278 e. The predicted molar refractivity (Wildman–Crippen MR) is 91.0 cm³/mol. The number of aliphatic hydroxyl groups is 1. The molecule has 3 aromatic rings. The van der Waals surface area contributed by atoms with E-state index in [0.29, 0.717) is 29.6 Å². The van der Waals surface area contributed by atoms with E-state index >= 15 is 0 Å². The average molecular weight is 342 g/mol. The molecule has 0 unspecified atom stereocenters. The van der Waals surface area contributed by atoms with Crippen LogP contribution in [0, 0.1) is 5.92 Å². The van der Waals surface area contributed by atoms with Gasteiger partial charge in [-0.3, -0.25) is 0 Å². The van der Waals surface area contributed by atoms with Crippen LogP contribution in [0.2, 0.25) is 0 Å². The Morgan fingerprint density at radius 1 is 1.32 bits per heavy atom. The Morgan fingerprint density at radius 3 is 2.96 bits per heavy atom. The first-order valence-electron chi connectivity index (χ1n) is 8.68. The predicted octanol–water partition coefficient (Wildman–Crippen LogP) is 1.20. The Kier molecular flexibility index (Phi) is 4.46. The van der Waals surface area contributed by atoms with Crippen molar-refractivity contribution < 1.29 is 9.63 Å². The van der Waals surface area contributed by atoms with Gasteiger partial charge in [0.25, 0.3) is 5.89 Å². The minimum absolute atomic E-state index is 0.0886. The van der Waals surface area contributed by atoms with Crippen LogP contribution in [0.5, 0.6) is 0 Å². The van der Waals surface area contributed by atoms with Crippen molar-refractivity contribution in [2.75, 3.05) is 26.7 Å². The first kappa shape index (κ1) is 16.2. The summed E-state index contributed by atoms with van der Waals surface area (Å²) in [5.74, 6) is 1.79. The molecule has 0 aromatic carbocycles. The van der Waals surface area contributed by atoms with E-state index in [1.54, 1.807) is 10.7 Å². The van der Waals surface area contributed by atoms with Crippen molar-refractivity contribution in [1.82, 2.24) is 29.6 Å². The highest BCUT2D eigenvalue weighted by Gasteiger charge is 2.20. The largest absolute Gasteiger partial charge is 0.396 e. The maximum Gasteiger partial charge on any atom is 0.278 e. The lowest BCUT2D eigenvalue weighted by Gasteiger charge is -2.27. The Morgan fingerprint density at radius 2 is 2.16 bits per heavy atom. The van der Waals surface area contributed by atoms with Crippen molar-refractivity contribution in [1.29, 1.82) is 0 Å². The van der Waals surface area contributed by atoms with Crippen LogP contribution in [-0.4, -0.2) is 61.5 Å². The number of likely N-dealkylation sites (tertiary alicyclic amines) is 1. The van der Waals surface area contributed by atoms with Gasteiger partial charge in [0.05, 0.1) is 0 Å². The van der Waals surface area contributed by atoms with Crippen LogP contribution in [0.25, 0.3) is 17.2 Å². The van der Waals surface area contributed by atoms with E-state index in [9.17, 15) is 0 Å². The Balaban J connectivity index is 1.50. The van der Waals surface area contributed by atoms with Crippen LogP contribution in [-0.2, 0) is 12.8 Å². The van der Waals surface area contributed by atoms with Gasteiger partial charge in [0.15, 0.2) is 17.2 Å². The van der Waals surface area contributed by atoms with Crippen LogP contribution >= 0.6 is 0 Å². The monoisotopic (exact) mass is 342 g/mol. The third-order valence-corrected chi connectivity index (χ3v) is 4.76. The van der Waals surface area contributed by atoms with E-state index in [0.717, 1.165) is 30.9 Å². The molecule has 4 heterocycles. The van der Waals surface area contributed by atoms with Crippen LogP contribution in [0.1, 0.15) is 24.2 Å². The Labute approximate surface area is 145 Å². The highest BCUT2D eigenvalue weighted by Crippen LogP contribution is 2.22. The molecule has 1 aliphatic rings. The highest BCUT2D eigenvalue weighted by atomic mass is 16.5. The van der Waals surface area contributed by atoms with Crippen molar-refractivity contribution in [2.24, 2.45) is 5.92 Å². The lowest BCUT2D eigenvalue weighted by atomic mass is 9.94. The third kappa shape index (κ3) is 3.54. The van der Waals surface area contributed by atoms with Gasteiger partial charge < -0.3 is 14.5 Å². The number of nitrogens with zero attached hydrogens (tertiary/aromatic N) is 6. The fourth-order valence-corrected chi connectivity index (χ4v) is 3.24. The van der Waals surface area contributed by atoms with Crippen LogP contribution in [0.15, 0.2) is 23.0 Å². The van der Waals surface area contributed by atoms with E-state index in [1.807, 2.05) is 12.3 Å². The second-order valence-corrected chi connectivity index (χ2v) is 6.73. The van der Waals surface area contributed by atoms with Gasteiger partial charge >= 0.3 is 0 Å². The molecule has 25 heavy (non-hydrogen) atoms. The Bertz CT molecular complexity index is 850. The highest BCUT2D eigenvalue weighted by molar-refractivity contribution is 5.55. The summed E-state index contributed by atoms with van der Waals surface area (Å²) in [4.78, 5) is 11.2. The fourth-order valence-electron chi connectivity index (χ4n) is 3.24. The maximum absolute atomic E-state index is 9.03. The lowest BCUT2D eigenvalue weighted by Crippen LogP contribution is -2.31. The van der Waals surface area contributed by atoms with Crippen LogP contribution < -0.4 is 0 Å². The molecule has 0 saturated carbocycles. The SMILES string of the molecule is CN1CCC(Cc2noc(-c3cc4ncc(CCO)cn4n3)n2)CC1. The number of hydrogen-bond acceptors (Lipinski definition) is 7. The minimum atomic E-state index is 0.0886. The number of rotatable bonds is 5. The number of piperidine rings is 1. The molecule has 0 amide bonds. The summed E-state index contributed by atoms with van der Waals surface area (Å²) in [5.41, 5.74) is 2.26. The molecule has 1 aliphatic heterocycles. The zero-order valence-corrected chi connectivity index (χ0v) is 14.3. The molecule has 0 radical (unpaired) electrons. The summed E-state index contributed by atoms with van der Waals surface area (Å²) >= 11 is 0. The molecular formula is C17H22N6O2. The topological polar surface area (TPSA) is 92.6 Å².